The van der Waals surface area contributed by atoms with Crippen LogP contribution in [-0.4, -0.2) is 18.4 Å². The first-order valence-electron chi connectivity index (χ1n) is 3.96. The lowest BCUT2D eigenvalue weighted by Crippen LogP contribution is -2.34. The summed E-state index contributed by atoms with van der Waals surface area (Å²) in [7, 11) is 0. The minimum Gasteiger partial charge on any atom is -0.308 e. The fourth-order valence-electron chi connectivity index (χ4n) is 0.894. The van der Waals surface area contributed by atoms with Crippen molar-refractivity contribution < 1.29 is 4.79 Å². The molecule has 0 unspecified atom stereocenters. The monoisotopic (exact) mass is 143 g/mol. The zero-order chi connectivity index (χ0) is 7.98. The van der Waals surface area contributed by atoms with Crippen LogP contribution in [0.1, 0.15) is 33.6 Å². The molecule has 0 heterocycles. The van der Waals surface area contributed by atoms with Crippen molar-refractivity contribution in [3.63, 3.8) is 0 Å². The van der Waals surface area contributed by atoms with Crippen LogP contribution < -0.4 is 5.32 Å². The van der Waals surface area contributed by atoms with Gasteiger partial charge >= 0.3 is 0 Å². The maximum atomic E-state index is 10.8. The summed E-state index contributed by atoms with van der Waals surface area (Å²) < 4.78 is 0. The number of hydrogen-bond donors (Lipinski definition) is 1. The first kappa shape index (κ1) is 9.63. The summed E-state index contributed by atoms with van der Waals surface area (Å²) >= 11 is 0. The maximum Gasteiger partial charge on any atom is 0.146 e. The summed E-state index contributed by atoms with van der Waals surface area (Å²) in [4.78, 5) is 10.8. The molecule has 0 aliphatic rings. The molecule has 0 bridgehead atoms. The van der Waals surface area contributed by atoms with E-state index in [1.807, 2.05) is 6.92 Å². The van der Waals surface area contributed by atoms with Crippen molar-refractivity contribution in [3.05, 3.63) is 0 Å². The number of carbonyl (C=O) groups excluding carboxylic acids is 1. The molecule has 0 aromatic rings. The zero-order valence-electron chi connectivity index (χ0n) is 7.11. The Bertz CT molecular complexity index is 101. The topological polar surface area (TPSA) is 29.1 Å². The molecule has 2 nitrogen and oxygen atoms in total. The van der Waals surface area contributed by atoms with Gasteiger partial charge in [0.15, 0.2) is 0 Å². The Morgan fingerprint density at radius 2 is 2.10 bits per heavy atom. The molecule has 1 N–H and O–H groups in total. The van der Waals surface area contributed by atoms with E-state index in [1.54, 1.807) is 6.92 Å². The smallest absolute Gasteiger partial charge is 0.146 e. The van der Waals surface area contributed by atoms with Gasteiger partial charge in [-0.1, -0.05) is 13.8 Å². The molecule has 0 aliphatic carbocycles. The molecule has 2 heteroatoms. The van der Waals surface area contributed by atoms with Crippen LogP contribution in [-0.2, 0) is 4.79 Å². The Morgan fingerprint density at radius 3 is 2.40 bits per heavy atom. The predicted molar refractivity (Wildman–Crippen MR) is 43.1 cm³/mol. The predicted octanol–water partition coefficient (Wildman–Crippen LogP) is 1.35. The molecule has 0 saturated carbocycles. The molecule has 0 rings (SSSR count). The fourth-order valence-corrected chi connectivity index (χ4v) is 0.894. The van der Waals surface area contributed by atoms with Crippen molar-refractivity contribution in [2.45, 2.75) is 39.7 Å². The minimum absolute atomic E-state index is 0.0833. The molecule has 0 aliphatic heterocycles. The van der Waals surface area contributed by atoms with Gasteiger partial charge in [0.1, 0.15) is 5.78 Å². The van der Waals surface area contributed by atoms with Gasteiger partial charge in [0.25, 0.3) is 0 Å². The standard InChI is InChI=1S/C8H17NO/c1-4-6-9-8(5-2)7(3)10/h8-9H,4-6H2,1-3H3/t8-/m0/s1. The highest BCUT2D eigenvalue weighted by molar-refractivity contribution is 5.81. The van der Waals surface area contributed by atoms with Gasteiger partial charge < -0.3 is 5.32 Å². The number of rotatable bonds is 5. The lowest BCUT2D eigenvalue weighted by atomic mass is 10.1. The van der Waals surface area contributed by atoms with E-state index in [0.29, 0.717) is 0 Å². The summed E-state index contributed by atoms with van der Waals surface area (Å²) in [5.41, 5.74) is 0. The third-order valence-corrected chi connectivity index (χ3v) is 1.54. The minimum atomic E-state index is 0.0833. The first-order valence-corrected chi connectivity index (χ1v) is 3.96. The third-order valence-electron chi connectivity index (χ3n) is 1.54. The van der Waals surface area contributed by atoms with Crippen molar-refractivity contribution in [2.24, 2.45) is 0 Å². The average molecular weight is 143 g/mol. The first-order chi connectivity index (χ1) is 4.72. The number of ketones is 1. The van der Waals surface area contributed by atoms with Crippen LogP contribution in [0.5, 0.6) is 0 Å². The van der Waals surface area contributed by atoms with E-state index < -0.39 is 0 Å². The largest absolute Gasteiger partial charge is 0.308 e. The average Bonchev–Trinajstić information content (AvgIpc) is 1.89. The van der Waals surface area contributed by atoms with Gasteiger partial charge in [0, 0.05) is 0 Å². The van der Waals surface area contributed by atoms with Crippen LogP contribution in [0.3, 0.4) is 0 Å². The zero-order valence-corrected chi connectivity index (χ0v) is 7.11. The summed E-state index contributed by atoms with van der Waals surface area (Å²) in [6.07, 6.45) is 1.99. The van der Waals surface area contributed by atoms with Crippen molar-refractivity contribution in [1.29, 1.82) is 0 Å². The molecule has 0 aromatic heterocycles. The molecule has 0 saturated heterocycles. The van der Waals surface area contributed by atoms with Crippen molar-refractivity contribution in [3.8, 4) is 0 Å². The fraction of sp³-hybridized carbons (Fsp3) is 0.875. The van der Waals surface area contributed by atoms with E-state index in [0.717, 1.165) is 19.4 Å². The summed E-state index contributed by atoms with van der Waals surface area (Å²) in [6.45, 7) is 6.70. The lowest BCUT2D eigenvalue weighted by molar-refractivity contribution is -0.119. The Morgan fingerprint density at radius 1 is 1.50 bits per heavy atom. The van der Waals surface area contributed by atoms with Gasteiger partial charge in [-0.3, -0.25) is 4.79 Å². The quantitative estimate of drug-likeness (QED) is 0.629. The van der Waals surface area contributed by atoms with E-state index in [9.17, 15) is 4.79 Å². The molecule has 0 spiro atoms. The Kier molecular flexibility index (Phi) is 5.22. The van der Waals surface area contributed by atoms with Crippen LogP contribution in [0.2, 0.25) is 0 Å². The van der Waals surface area contributed by atoms with E-state index in [1.165, 1.54) is 0 Å². The van der Waals surface area contributed by atoms with Gasteiger partial charge in [-0.25, -0.2) is 0 Å². The normalized spacial score (nSPS) is 13.1. The SMILES string of the molecule is CCCN[C@@H](CC)C(C)=O. The number of carbonyl (C=O) groups is 1. The molecule has 0 radical (unpaired) electrons. The second kappa shape index (κ2) is 5.42. The van der Waals surface area contributed by atoms with Crippen molar-refractivity contribution >= 4 is 5.78 Å². The van der Waals surface area contributed by atoms with Crippen LogP contribution in [0.4, 0.5) is 0 Å². The van der Waals surface area contributed by atoms with Gasteiger partial charge in [-0.15, -0.1) is 0 Å². The van der Waals surface area contributed by atoms with E-state index in [-0.39, 0.29) is 11.8 Å². The molecule has 0 fully saturated rings. The van der Waals surface area contributed by atoms with Crippen LogP contribution >= 0.6 is 0 Å². The maximum absolute atomic E-state index is 10.8. The molecule has 0 aromatic carbocycles. The second-order valence-electron chi connectivity index (χ2n) is 2.53. The van der Waals surface area contributed by atoms with Crippen LogP contribution in [0, 0.1) is 0 Å². The molecule has 60 valence electrons. The molecule has 0 amide bonds. The summed E-state index contributed by atoms with van der Waals surface area (Å²) in [5.74, 6) is 0.246. The summed E-state index contributed by atoms with van der Waals surface area (Å²) in [5, 5.41) is 3.17. The highest BCUT2D eigenvalue weighted by atomic mass is 16.1. The van der Waals surface area contributed by atoms with E-state index >= 15 is 0 Å². The molecular formula is C8H17NO. The summed E-state index contributed by atoms with van der Waals surface area (Å²) in [6, 6.07) is 0.0833. The Hall–Kier alpha value is -0.370. The van der Waals surface area contributed by atoms with E-state index in [4.69, 9.17) is 0 Å². The molecule has 10 heavy (non-hydrogen) atoms. The second-order valence-corrected chi connectivity index (χ2v) is 2.53. The lowest BCUT2D eigenvalue weighted by Gasteiger charge is -2.11. The Labute approximate surface area is 63.0 Å². The van der Waals surface area contributed by atoms with Gasteiger partial charge in [-0.2, -0.15) is 0 Å². The van der Waals surface area contributed by atoms with Gasteiger partial charge in [-0.05, 0) is 26.3 Å². The number of Topliss-reactive ketones (excluding diaryl/α,β-unsaturated/α-hetero) is 1. The van der Waals surface area contributed by atoms with Crippen LogP contribution in [0.25, 0.3) is 0 Å². The highest BCUT2D eigenvalue weighted by Crippen LogP contribution is 1.91. The molecular weight excluding hydrogens is 126 g/mol. The third kappa shape index (κ3) is 3.62. The van der Waals surface area contributed by atoms with Gasteiger partial charge in [0.2, 0.25) is 0 Å². The van der Waals surface area contributed by atoms with E-state index in [2.05, 4.69) is 12.2 Å². The Balaban J connectivity index is 3.50. The van der Waals surface area contributed by atoms with Crippen LogP contribution in [0.15, 0.2) is 0 Å². The number of hydrogen-bond acceptors (Lipinski definition) is 2. The molecule has 1 atom stereocenters. The van der Waals surface area contributed by atoms with Gasteiger partial charge in [0.05, 0.1) is 6.04 Å². The van der Waals surface area contributed by atoms with Crippen molar-refractivity contribution in [2.75, 3.05) is 6.54 Å². The highest BCUT2D eigenvalue weighted by Gasteiger charge is 2.08. The number of nitrogens with one attached hydrogen (secondary N) is 1. The van der Waals surface area contributed by atoms with Crippen molar-refractivity contribution in [1.82, 2.24) is 5.32 Å².